The third-order valence-corrected chi connectivity index (χ3v) is 10.0. The number of benzene rings is 3. The Hall–Kier alpha value is -4.66. The summed E-state index contributed by atoms with van der Waals surface area (Å²) in [7, 11) is 2.16. The van der Waals surface area contributed by atoms with Crippen LogP contribution in [-0.4, -0.2) is 46.8 Å². The van der Waals surface area contributed by atoms with E-state index in [1.807, 2.05) is 50.2 Å². The molecule has 6 rings (SSSR count). The zero-order chi connectivity index (χ0) is 36.7. The van der Waals surface area contributed by atoms with E-state index in [2.05, 4.69) is 51.4 Å². The van der Waals surface area contributed by atoms with Crippen LogP contribution in [0.2, 0.25) is 10.0 Å². The number of likely N-dealkylation sites (tertiary alicyclic amines) is 1. The Morgan fingerprint density at radius 2 is 1.79 bits per heavy atom. The van der Waals surface area contributed by atoms with Gasteiger partial charge in [0.25, 0.3) is 0 Å². The molecule has 0 saturated carbocycles. The summed E-state index contributed by atoms with van der Waals surface area (Å²) in [6.07, 6.45) is 6.83. The lowest BCUT2D eigenvalue weighted by Gasteiger charge is -2.29. The molecule has 1 unspecified atom stereocenters. The van der Waals surface area contributed by atoms with E-state index in [-0.39, 0.29) is 13.2 Å². The van der Waals surface area contributed by atoms with Crippen LogP contribution in [0.25, 0.3) is 11.1 Å². The summed E-state index contributed by atoms with van der Waals surface area (Å²) in [5.41, 5.74) is 5.34. The number of ether oxygens (including phenoxy) is 3. The molecule has 0 amide bonds. The maximum absolute atomic E-state index is 9.34. The first-order chi connectivity index (χ1) is 25.1. The van der Waals surface area contributed by atoms with Gasteiger partial charge in [0.2, 0.25) is 6.39 Å². The van der Waals surface area contributed by atoms with E-state index < -0.39 is 5.54 Å². The molecule has 1 atom stereocenters. The highest BCUT2D eigenvalue weighted by Crippen LogP contribution is 2.39. The van der Waals surface area contributed by atoms with Crippen molar-refractivity contribution in [1.82, 2.24) is 25.3 Å². The molecule has 270 valence electrons. The molecule has 0 aliphatic carbocycles. The zero-order valence-electron chi connectivity index (χ0n) is 29.8. The molecule has 2 aromatic heterocycles. The third kappa shape index (κ3) is 9.03. The summed E-state index contributed by atoms with van der Waals surface area (Å²) < 4.78 is 23.9. The fourth-order valence-electron chi connectivity index (χ4n) is 6.32. The number of rotatable bonds is 14. The zero-order valence-corrected chi connectivity index (χ0v) is 31.3. The highest BCUT2D eigenvalue weighted by Gasteiger charge is 2.26. The lowest BCUT2D eigenvalue weighted by Crippen LogP contribution is -2.37. The predicted molar refractivity (Wildman–Crippen MR) is 201 cm³/mol. The van der Waals surface area contributed by atoms with E-state index in [4.69, 9.17) is 41.9 Å². The molecule has 0 bridgehead atoms. The van der Waals surface area contributed by atoms with Crippen LogP contribution in [0.15, 0.2) is 77.9 Å². The minimum Gasteiger partial charge on any atom is -0.492 e. The van der Waals surface area contributed by atoms with Crippen LogP contribution >= 0.6 is 23.2 Å². The summed E-state index contributed by atoms with van der Waals surface area (Å²) >= 11 is 13.8. The number of nitrogens with one attached hydrogen (secondary N) is 1. The minimum atomic E-state index is -0.597. The van der Waals surface area contributed by atoms with Gasteiger partial charge < -0.3 is 29.0 Å². The van der Waals surface area contributed by atoms with Gasteiger partial charge >= 0.3 is 0 Å². The van der Waals surface area contributed by atoms with Crippen molar-refractivity contribution in [3.8, 4) is 34.4 Å². The largest absolute Gasteiger partial charge is 0.492 e. The summed E-state index contributed by atoms with van der Waals surface area (Å²) in [6.45, 7) is 9.62. The molecule has 12 heteroatoms. The van der Waals surface area contributed by atoms with Crippen molar-refractivity contribution in [3.05, 3.63) is 117 Å². The molecule has 1 saturated heterocycles. The Balaban J connectivity index is 1.20. The number of hydrogen-bond acceptors (Lipinski definition) is 10. The first-order valence-electron chi connectivity index (χ1n) is 17.2. The Morgan fingerprint density at radius 1 is 0.981 bits per heavy atom. The first kappa shape index (κ1) is 37.1. The summed E-state index contributed by atoms with van der Waals surface area (Å²) in [5.74, 6) is 2.73. The molecule has 3 aromatic carbocycles. The third-order valence-electron chi connectivity index (χ3n) is 9.35. The average Bonchev–Trinajstić information content (AvgIpc) is 3.70. The van der Waals surface area contributed by atoms with Gasteiger partial charge in [0.15, 0.2) is 5.82 Å². The number of halogens is 2. The number of piperidine rings is 1. The van der Waals surface area contributed by atoms with Crippen LogP contribution in [0.4, 0.5) is 0 Å². The fraction of sp³-hybridized carbons (Fsp3) is 0.350. The molecular weight excluding hydrogens is 699 g/mol. The van der Waals surface area contributed by atoms with E-state index in [0.717, 1.165) is 52.9 Å². The second-order valence-electron chi connectivity index (χ2n) is 13.7. The van der Waals surface area contributed by atoms with E-state index >= 15 is 0 Å². The van der Waals surface area contributed by atoms with Gasteiger partial charge in [-0.25, -0.2) is 0 Å². The van der Waals surface area contributed by atoms with E-state index in [9.17, 15) is 5.26 Å². The van der Waals surface area contributed by atoms with Crippen LogP contribution < -0.4 is 19.5 Å². The summed E-state index contributed by atoms with van der Waals surface area (Å²) in [4.78, 5) is 10.7. The van der Waals surface area contributed by atoms with Crippen LogP contribution in [0.1, 0.15) is 60.3 Å². The van der Waals surface area contributed by atoms with Crippen LogP contribution in [-0.2, 0) is 25.3 Å². The monoisotopic (exact) mass is 740 g/mol. The van der Waals surface area contributed by atoms with Gasteiger partial charge in [-0.15, -0.1) is 0 Å². The molecule has 1 fully saturated rings. The number of aromatic nitrogens is 3. The number of nitriles is 1. The minimum absolute atomic E-state index is 0.188. The topological polar surface area (TPSA) is 119 Å². The number of hydrogen-bond donors (Lipinski definition) is 1. The highest BCUT2D eigenvalue weighted by molar-refractivity contribution is 6.35. The average molecular weight is 742 g/mol. The van der Waals surface area contributed by atoms with Gasteiger partial charge in [0.1, 0.15) is 36.5 Å². The van der Waals surface area contributed by atoms with Gasteiger partial charge in [-0.1, -0.05) is 58.7 Å². The number of pyridine rings is 1. The maximum atomic E-state index is 9.34. The van der Waals surface area contributed by atoms with Gasteiger partial charge in [0, 0.05) is 54.2 Å². The van der Waals surface area contributed by atoms with Crippen LogP contribution in [0.3, 0.4) is 0 Å². The molecule has 1 aliphatic rings. The Labute approximate surface area is 314 Å². The predicted octanol–water partition coefficient (Wildman–Crippen LogP) is 8.52. The maximum Gasteiger partial charge on any atom is 0.213 e. The lowest BCUT2D eigenvalue weighted by atomic mass is 9.96. The molecule has 3 heterocycles. The van der Waals surface area contributed by atoms with Crippen molar-refractivity contribution in [2.24, 2.45) is 5.92 Å². The van der Waals surface area contributed by atoms with Crippen molar-refractivity contribution in [3.63, 3.8) is 0 Å². The van der Waals surface area contributed by atoms with Gasteiger partial charge in [-0.05, 0) is 82.1 Å². The molecule has 0 spiro atoms. The lowest BCUT2D eigenvalue weighted by molar-refractivity contribution is 0.150. The van der Waals surface area contributed by atoms with Crippen LogP contribution in [0.5, 0.6) is 17.2 Å². The van der Waals surface area contributed by atoms with Gasteiger partial charge in [-0.2, -0.15) is 10.2 Å². The molecule has 0 radical (unpaired) electrons. The SMILES string of the molecule is Cc1c(COc2cc(OCc3cncc(C#N)c3)c(CNC(C)(C)c3ncon3)cc2Cl)cccc1-c1cccc(OCC2CCCN(C)C2)c1Cl. The second kappa shape index (κ2) is 16.8. The van der Waals surface area contributed by atoms with Gasteiger partial charge in [-0.3, -0.25) is 4.98 Å². The van der Waals surface area contributed by atoms with Crippen LogP contribution in [0, 0.1) is 24.2 Å². The van der Waals surface area contributed by atoms with E-state index in [0.29, 0.717) is 57.8 Å². The molecule has 1 N–H and O–H groups in total. The van der Waals surface area contributed by atoms with E-state index in [1.54, 1.807) is 18.3 Å². The van der Waals surface area contributed by atoms with Crippen molar-refractivity contribution in [1.29, 1.82) is 5.26 Å². The fourth-order valence-corrected chi connectivity index (χ4v) is 6.85. The Bertz CT molecular complexity index is 2030. The highest BCUT2D eigenvalue weighted by atomic mass is 35.5. The molecule has 1 aliphatic heterocycles. The molecular formula is C40H42Cl2N6O4. The number of nitrogens with zero attached hydrogens (tertiary/aromatic N) is 5. The quantitative estimate of drug-likeness (QED) is 0.119. The summed E-state index contributed by atoms with van der Waals surface area (Å²) in [6, 6.07) is 19.5. The smallest absolute Gasteiger partial charge is 0.213 e. The first-order valence-corrected chi connectivity index (χ1v) is 18.0. The van der Waals surface area contributed by atoms with Gasteiger partial charge in [0.05, 0.1) is 27.8 Å². The molecule has 10 nitrogen and oxygen atoms in total. The summed E-state index contributed by atoms with van der Waals surface area (Å²) in [5, 5.41) is 17.8. The van der Waals surface area contributed by atoms with Crippen molar-refractivity contribution < 1.29 is 18.7 Å². The molecule has 5 aromatic rings. The standard InChI is InChI=1S/C40H42Cl2N6O4/c1-26-30(9-5-10-32(26)33-11-6-12-35(38(33)42)49-22-27-8-7-13-48(4)21-27)24-51-37-16-36(50-23-29-14-28(17-43)18-44-19-29)31(15-34(37)41)20-46-40(2,3)39-45-25-52-47-39/h5-6,9-12,14-16,18-19,25,27,46H,7-8,13,20-24H2,1-4H3. The van der Waals surface area contributed by atoms with E-state index in [1.165, 1.54) is 19.0 Å². The van der Waals surface area contributed by atoms with Crippen molar-refractivity contribution in [2.75, 3.05) is 26.7 Å². The normalized spacial score (nSPS) is 14.9. The van der Waals surface area contributed by atoms with Crippen molar-refractivity contribution in [2.45, 2.75) is 58.9 Å². The Kier molecular flexibility index (Phi) is 12.0. The molecule has 52 heavy (non-hydrogen) atoms. The Morgan fingerprint density at radius 3 is 2.58 bits per heavy atom. The van der Waals surface area contributed by atoms with Crippen molar-refractivity contribution >= 4 is 23.2 Å². The second-order valence-corrected chi connectivity index (χ2v) is 14.5.